The highest BCUT2D eigenvalue weighted by molar-refractivity contribution is 7.90. The van der Waals surface area contributed by atoms with Crippen molar-refractivity contribution >= 4 is 39.6 Å². The fourth-order valence-electron chi connectivity index (χ4n) is 7.76. The number of nitrogens with zero attached hydrogens (tertiary/aromatic N) is 3. The quantitative estimate of drug-likeness (QED) is 0.166. The molecule has 1 saturated heterocycles. The maximum atomic E-state index is 14.2. The molecular formula is C40H65F3N6O9S. The minimum Gasteiger partial charge on any atom is -0.379 e. The van der Waals surface area contributed by atoms with Gasteiger partial charge >= 0.3 is 12.1 Å². The average molecular weight is 863 g/mol. The van der Waals surface area contributed by atoms with Crippen LogP contribution in [0.15, 0.2) is 29.2 Å². The number of alkyl halides is 3. The van der Waals surface area contributed by atoms with Gasteiger partial charge < -0.3 is 29.9 Å². The SMILES string of the molecule is CC[C@H](C)[C@@H]([C@@H](CC(=O)N1CCC[C@H]1C(OC)[C@@H](C)C(=O)NS(=O)(=O)c1ccc(CNC(=O)C(F)(F)F)cc1)OC)N(C)C(=O)[C@@H](NC(=O)[C@H](C(C)C)N(C)C)C(C)C. The minimum atomic E-state index is -5.07. The summed E-state index contributed by atoms with van der Waals surface area (Å²) >= 11 is 0. The van der Waals surface area contributed by atoms with Crippen molar-refractivity contribution in [3.8, 4) is 0 Å². The number of carbonyl (C=O) groups excluding carboxylic acids is 5. The Morgan fingerprint density at radius 2 is 1.51 bits per heavy atom. The summed E-state index contributed by atoms with van der Waals surface area (Å²) in [4.78, 5) is 71.0. The lowest BCUT2D eigenvalue weighted by atomic mass is 9.89. The minimum absolute atomic E-state index is 0.00621. The van der Waals surface area contributed by atoms with Crippen LogP contribution in [0.3, 0.4) is 0 Å². The standard InChI is InChI=1S/C40H65F3N6O9S/c1-13-25(6)34(48(10)38(53)32(23(2)3)45-37(52)33(24(4)5)47(8)9)30(57-11)21-31(50)49-20-14-15-29(49)35(58-12)26(7)36(51)46-59(55,56)28-18-16-27(17-19-28)22-44-39(54)40(41,42)43/h16-19,23-26,29-30,32-35H,13-15,20-22H2,1-12H3,(H,44,54)(H,45,52)(H,46,51)/t25-,26+,29-,30+,32-,33-,34-,35?/m0/s1. The molecule has 5 amide bonds. The van der Waals surface area contributed by atoms with Crippen molar-refractivity contribution in [3.05, 3.63) is 29.8 Å². The van der Waals surface area contributed by atoms with Crippen molar-refractivity contribution in [2.75, 3.05) is 41.9 Å². The van der Waals surface area contributed by atoms with Gasteiger partial charge in [-0.05, 0) is 62.4 Å². The second-order valence-electron chi connectivity index (χ2n) is 16.3. The summed E-state index contributed by atoms with van der Waals surface area (Å²) in [6, 6.07) is 2.15. The van der Waals surface area contributed by atoms with Gasteiger partial charge in [0, 0.05) is 34.4 Å². The van der Waals surface area contributed by atoms with E-state index in [1.807, 2.05) is 65.3 Å². The third-order valence-electron chi connectivity index (χ3n) is 11.1. The van der Waals surface area contributed by atoms with Crippen molar-refractivity contribution in [2.45, 2.75) is 128 Å². The first-order valence-corrected chi connectivity index (χ1v) is 21.4. The topological polar surface area (TPSA) is 184 Å². The first-order valence-electron chi connectivity index (χ1n) is 19.9. The van der Waals surface area contributed by atoms with Gasteiger partial charge in [-0.25, -0.2) is 13.1 Å². The first kappa shape index (κ1) is 51.3. The second-order valence-corrected chi connectivity index (χ2v) is 17.9. The molecule has 0 radical (unpaired) electrons. The van der Waals surface area contributed by atoms with Crippen LogP contribution in [0.5, 0.6) is 0 Å². The third kappa shape index (κ3) is 13.6. The largest absolute Gasteiger partial charge is 0.471 e. The monoisotopic (exact) mass is 862 g/mol. The molecule has 0 spiro atoms. The fourth-order valence-corrected chi connectivity index (χ4v) is 8.83. The zero-order valence-corrected chi connectivity index (χ0v) is 37.2. The van der Waals surface area contributed by atoms with E-state index in [0.29, 0.717) is 25.8 Å². The second kappa shape index (κ2) is 22.2. The molecule has 0 saturated carbocycles. The van der Waals surface area contributed by atoms with E-state index in [-0.39, 0.29) is 52.4 Å². The zero-order chi connectivity index (χ0) is 45.2. The molecule has 1 fully saturated rings. The smallest absolute Gasteiger partial charge is 0.379 e. The molecule has 19 heteroatoms. The van der Waals surface area contributed by atoms with Gasteiger partial charge in [0.25, 0.3) is 10.0 Å². The van der Waals surface area contributed by atoms with Crippen molar-refractivity contribution in [1.29, 1.82) is 0 Å². The number of ether oxygens (including phenoxy) is 2. The molecule has 1 aliphatic heterocycles. The molecule has 1 aromatic rings. The molecule has 0 bridgehead atoms. The van der Waals surface area contributed by atoms with Crippen LogP contribution in [-0.2, 0) is 50.0 Å². The Morgan fingerprint density at radius 3 is 1.98 bits per heavy atom. The molecule has 0 aliphatic carbocycles. The van der Waals surface area contributed by atoms with Crippen molar-refractivity contribution < 1.29 is 55.0 Å². The number of benzene rings is 1. The molecule has 1 aliphatic rings. The number of rotatable bonds is 21. The van der Waals surface area contributed by atoms with E-state index < -0.39 is 76.9 Å². The van der Waals surface area contributed by atoms with Crippen molar-refractivity contribution in [1.82, 2.24) is 30.1 Å². The summed E-state index contributed by atoms with van der Waals surface area (Å²) in [5.74, 6) is -5.35. The van der Waals surface area contributed by atoms with E-state index in [1.165, 1.54) is 33.3 Å². The van der Waals surface area contributed by atoms with Crippen LogP contribution in [0, 0.1) is 23.7 Å². The molecule has 0 aromatic heterocycles. The molecule has 3 N–H and O–H groups in total. The fraction of sp³-hybridized carbons (Fsp3) is 0.725. The van der Waals surface area contributed by atoms with Crippen LogP contribution in [0.25, 0.3) is 0 Å². The summed E-state index contributed by atoms with van der Waals surface area (Å²) in [6.07, 6.45) is -5.15. The van der Waals surface area contributed by atoms with Gasteiger partial charge in [0.2, 0.25) is 23.6 Å². The lowest BCUT2D eigenvalue weighted by Crippen LogP contribution is -2.59. The van der Waals surface area contributed by atoms with Gasteiger partial charge in [0.05, 0.1) is 47.6 Å². The average Bonchev–Trinajstić information content (AvgIpc) is 3.64. The van der Waals surface area contributed by atoms with E-state index in [2.05, 4.69) is 5.32 Å². The maximum Gasteiger partial charge on any atom is 0.471 e. The van der Waals surface area contributed by atoms with Crippen LogP contribution in [0.2, 0.25) is 0 Å². The molecular weight excluding hydrogens is 798 g/mol. The Hall–Kier alpha value is -3.81. The number of methoxy groups -OCH3 is 2. The first-order chi connectivity index (χ1) is 27.3. The van der Waals surface area contributed by atoms with Gasteiger partial charge in [-0.3, -0.25) is 28.9 Å². The maximum absolute atomic E-state index is 14.2. The van der Waals surface area contributed by atoms with Crippen LogP contribution in [0.4, 0.5) is 13.2 Å². The Labute approximate surface area is 347 Å². The highest BCUT2D eigenvalue weighted by Crippen LogP contribution is 2.30. The Bertz CT molecular complexity index is 1690. The molecule has 59 heavy (non-hydrogen) atoms. The number of amides is 5. The van der Waals surface area contributed by atoms with Crippen LogP contribution in [-0.4, -0.2) is 137 Å². The number of hydrogen-bond acceptors (Lipinski definition) is 10. The zero-order valence-electron chi connectivity index (χ0n) is 36.4. The Balaban J connectivity index is 2.25. The van der Waals surface area contributed by atoms with Gasteiger partial charge in [-0.1, -0.05) is 67.0 Å². The highest BCUT2D eigenvalue weighted by atomic mass is 32.2. The van der Waals surface area contributed by atoms with Crippen molar-refractivity contribution in [3.63, 3.8) is 0 Å². The number of halogens is 3. The summed E-state index contributed by atoms with van der Waals surface area (Å²) in [7, 11) is 3.69. The molecule has 8 atom stereocenters. The molecule has 336 valence electrons. The van der Waals surface area contributed by atoms with E-state index in [4.69, 9.17) is 9.47 Å². The van der Waals surface area contributed by atoms with E-state index in [9.17, 15) is 45.6 Å². The highest BCUT2D eigenvalue weighted by Gasteiger charge is 2.44. The van der Waals surface area contributed by atoms with Gasteiger partial charge in [-0.15, -0.1) is 0 Å². The number of likely N-dealkylation sites (tertiary alicyclic amines) is 1. The van der Waals surface area contributed by atoms with Crippen LogP contribution in [0.1, 0.15) is 79.7 Å². The lowest BCUT2D eigenvalue weighted by Gasteiger charge is -2.41. The van der Waals surface area contributed by atoms with Gasteiger partial charge in [0.15, 0.2) is 0 Å². The summed E-state index contributed by atoms with van der Waals surface area (Å²) in [6.45, 7) is 12.9. The van der Waals surface area contributed by atoms with Gasteiger partial charge in [-0.2, -0.15) is 13.2 Å². The number of likely N-dealkylation sites (N-methyl/N-ethyl adjacent to an activating group) is 2. The Kier molecular flexibility index (Phi) is 19.3. The number of sulfonamides is 1. The van der Waals surface area contributed by atoms with E-state index in [0.717, 1.165) is 12.1 Å². The molecule has 15 nitrogen and oxygen atoms in total. The molecule has 1 unspecified atom stereocenters. The number of carbonyl (C=O) groups is 5. The van der Waals surface area contributed by atoms with E-state index in [1.54, 1.807) is 22.2 Å². The Morgan fingerprint density at radius 1 is 0.915 bits per heavy atom. The summed E-state index contributed by atoms with van der Waals surface area (Å²) in [5.41, 5.74) is 0.194. The molecule has 1 aromatic carbocycles. The van der Waals surface area contributed by atoms with Crippen LogP contribution < -0.4 is 15.4 Å². The normalized spacial score (nSPS) is 18.5. The summed E-state index contributed by atoms with van der Waals surface area (Å²) in [5, 5.41) is 4.68. The van der Waals surface area contributed by atoms with Crippen molar-refractivity contribution in [2.24, 2.45) is 23.7 Å². The predicted molar refractivity (Wildman–Crippen MR) is 215 cm³/mol. The predicted octanol–water partition coefficient (Wildman–Crippen LogP) is 3.32. The van der Waals surface area contributed by atoms with E-state index >= 15 is 0 Å². The summed E-state index contributed by atoms with van der Waals surface area (Å²) < 4.78 is 77.6. The van der Waals surface area contributed by atoms with Crippen LogP contribution >= 0.6 is 0 Å². The lowest BCUT2D eigenvalue weighted by molar-refractivity contribution is -0.173. The van der Waals surface area contributed by atoms with Gasteiger partial charge in [0.1, 0.15) is 6.04 Å². The molecule has 2 rings (SSSR count). The molecule has 1 heterocycles. The number of hydrogen-bond donors (Lipinski definition) is 3. The third-order valence-corrected chi connectivity index (χ3v) is 12.5. The number of nitrogens with one attached hydrogen (secondary N) is 3.